The molecule has 0 aromatic heterocycles. The van der Waals surface area contributed by atoms with Crippen molar-refractivity contribution in [3.8, 4) is 11.5 Å². The maximum Gasteiger partial charge on any atom is 0.166 e. The molecule has 2 aromatic rings. The van der Waals surface area contributed by atoms with E-state index < -0.39 is 11.9 Å². The highest BCUT2D eigenvalue weighted by molar-refractivity contribution is 9.10. The Morgan fingerprint density at radius 1 is 1.21 bits per heavy atom. The summed E-state index contributed by atoms with van der Waals surface area (Å²) in [5.74, 6) is -0.126. The summed E-state index contributed by atoms with van der Waals surface area (Å²) in [6.45, 7) is 1.57. The second-order valence-corrected chi connectivity index (χ2v) is 5.37. The van der Waals surface area contributed by atoms with Crippen molar-refractivity contribution in [2.75, 3.05) is 0 Å². The van der Waals surface area contributed by atoms with Crippen molar-refractivity contribution in [1.82, 2.24) is 0 Å². The van der Waals surface area contributed by atoms with Crippen LogP contribution in [0.4, 0.5) is 4.39 Å². The fourth-order valence-corrected chi connectivity index (χ4v) is 2.03. The van der Waals surface area contributed by atoms with Crippen molar-refractivity contribution < 1.29 is 14.2 Å². The van der Waals surface area contributed by atoms with Crippen LogP contribution < -0.4 is 4.74 Å². The molecule has 2 rings (SSSR count). The van der Waals surface area contributed by atoms with E-state index in [-0.39, 0.29) is 5.75 Å². The third-order valence-electron chi connectivity index (χ3n) is 2.55. The summed E-state index contributed by atoms with van der Waals surface area (Å²) in [5.41, 5.74) is 0.491. The van der Waals surface area contributed by atoms with Gasteiger partial charge in [-0.1, -0.05) is 33.6 Å². The minimum atomic E-state index is -0.724. The van der Waals surface area contributed by atoms with Crippen LogP contribution in [0, 0.1) is 5.82 Å². The lowest BCUT2D eigenvalue weighted by molar-refractivity contribution is 0.198. The van der Waals surface area contributed by atoms with Gasteiger partial charge in [0.1, 0.15) is 5.75 Å². The maximum absolute atomic E-state index is 13.8. The maximum atomic E-state index is 13.8. The molecule has 0 aliphatic carbocycles. The topological polar surface area (TPSA) is 29.5 Å². The van der Waals surface area contributed by atoms with E-state index in [0.717, 1.165) is 4.47 Å². The highest BCUT2D eigenvalue weighted by atomic mass is 79.9. The van der Waals surface area contributed by atoms with E-state index in [9.17, 15) is 9.50 Å². The van der Waals surface area contributed by atoms with Gasteiger partial charge in [-0.05, 0) is 42.8 Å². The second kappa shape index (κ2) is 5.90. The molecular weight excluding hydrogens is 335 g/mol. The number of aliphatic hydroxyl groups excluding tert-OH is 1. The lowest BCUT2D eigenvalue weighted by Gasteiger charge is -2.11. The fourth-order valence-electron chi connectivity index (χ4n) is 1.53. The van der Waals surface area contributed by atoms with E-state index in [0.29, 0.717) is 16.3 Å². The van der Waals surface area contributed by atoms with Crippen LogP contribution in [0.2, 0.25) is 5.02 Å². The van der Waals surface area contributed by atoms with Gasteiger partial charge in [-0.15, -0.1) is 0 Å². The van der Waals surface area contributed by atoms with Gasteiger partial charge in [-0.25, -0.2) is 4.39 Å². The Hall–Kier alpha value is -1.10. The molecule has 19 heavy (non-hydrogen) atoms. The zero-order valence-corrected chi connectivity index (χ0v) is 12.4. The average molecular weight is 346 g/mol. The fraction of sp³-hybridized carbons (Fsp3) is 0.143. The highest BCUT2D eigenvalue weighted by Gasteiger charge is 2.11. The lowest BCUT2D eigenvalue weighted by Crippen LogP contribution is -1.95. The van der Waals surface area contributed by atoms with Gasteiger partial charge in [0, 0.05) is 4.47 Å². The predicted octanol–water partition coefficient (Wildman–Crippen LogP) is 5.09. The number of hydrogen-bond donors (Lipinski definition) is 1. The van der Waals surface area contributed by atoms with E-state index in [2.05, 4.69) is 15.9 Å². The van der Waals surface area contributed by atoms with Crippen LogP contribution in [-0.2, 0) is 0 Å². The lowest BCUT2D eigenvalue weighted by atomic mass is 10.1. The van der Waals surface area contributed by atoms with Crippen LogP contribution in [0.5, 0.6) is 11.5 Å². The summed E-state index contributed by atoms with van der Waals surface area (Å²) in [5, 5.41) is 9.77. The summed E-state index contributed by atoms with van der Waals surface area (Å²) in [7, 11) is 0. The monoisotopic (exact) mass is 344 g/mol. The largest absolute Gasteiger partial charge is 0.453 e. The molecule has 1 atom stereocenters. The van der Waals surface area contributed by atoms with Crippen LogP contribution in [0.15, 0.2) is 40.9 Å². The van der Waals surface area contributed by atoms with E-state index in [1.54, 1.807) is 31.2 Å². The molecule has 1 N–H and O–H groups in total. The number of hydrogen-bond acceptors (Lipinski definition) is 2. The zero-order valence-electron chi connectivity index (χ0n) is 10.0. The van der Waals surface area contributed by atoms with Crippen molar-refractivity contribution in [3.63, 3.8) is 0 Å². The molecule has 0 saturated carbocycles. The Morgan fingerprint density at radius 2 is 1.95 bits per heavy atom. The highest BCUT2D eigenvalue weighted by Crippen LogP contribution is 2.33. The second-order valence-electron chi connectivity index (χ2n) is 4.04. The van der Waals surface area contributed by atoms with Gasteiger partial charge in [0.05, 0.1) is 11.1 Å². The number of aliphatic hydroxyl groups is 1. The summed E-state index contributed by atoms with van der Waals surface area (Å²) >= 11 is 9.27. The van der Waals surface area contributed by atoms with Crippen molar-refractivity contribution in [2.24, 2.45) is 0 Å². The summed E-state index contributed by atoms with van der Waals surface area (Å²) in [4.78, 5) is 0. The van der Waals surface area contributed by atoms with Gasteiger partial charge < -0.3 is 9.84 Å². The molecule has 5 heteroatoms. The molecule has 0 unspecified atom stereocenters. The van der Waals surface area contributed by atoms with Gasteiger partial charge in [0.15, 0.2) is 11.6 Å². The van der Waals surface area contributed by atoms with Crippen LogP contribution in [0.1, 0.15) is 18.6 Å². The van der Waals surface area contributed by atoms with E-state index in [1.165, 1.54) is 12.1 Å². The number of ether oxygens (including phenoxy) is 1. The third kappa shape index (κ3) is 3.47. The molecule has 0 fully saturated rings. The molecule has 2 aromatic carbocycles. The van der Waals surface area contributed by atoms with E-state index in [4.69, 9.17) is 16.3 Å². The van der Waals surface area contributed by atoms with Gasteiger partial charge in [-0.3, -0.25) is 0 Å². The van der Waals surface area contributed by atoms with Crippen molar-refractivity contribution in [2.45, 2.75) is 13.0 Å². The summed E-state index contributed by atoms with van der Waals surface area (Å²) in [6, 6.07) is 9.39. The van der Waals surface area contributed by atoms with Crippen LogP contribution in [0.3, 0.4) is 0 Å². The molecule has 0 aliphatic rings. The Kier molecular flexibility index (Phi) is 4.45. The number of benzene rings is 2. The first-order chi connectivity index (χ1) is 8.97. The Bertz CT molecular complexity index is 602. The Balaban J connectivity index is 2.31. The van der Waals surface area contributed by atoms with Crippen molar-refractivity contribution in [1.29, 1.82) is 0 Å². The van der Waals surface area contributed by atoms with Gasteiger partial charge >= 0.3 is 0 Å². The number of rotatable bonds is 3. The average Bonchev–Trinajstić information content (AvgIpc) is 2.36. The standard InChI is InChI=1S/C14H11BrClFO2/c1-8(18)9-2-5-13(12(17)6-9)19-14-7-10(15)3-4-11(14)16/h2-8,18H,1H3/t8-/m0/s1. The van der Waals surface area contributed by atoms with Gasteiger partial charge in [-0.2, -0.15) is 0 Å². The third-order valence-corrected chi connectivity index (χ3v) is 3.36. The van der Waals surface area contributed by atoms with E-state index in [1.807, 2.05) is 0 Å². The minimum Gasteiger partial charge on any atom is -0.453 e. The molecule has 0 radical (unpaired) electrons. The number of halogens is 3. The molecule has 0 spiro atoms. The van der Waals surface area contributed by atoms with Gasteiger partial charge in [0.2, 0.25) is 0 Å². The predicted molar refractivity (Wildman–Crippen MR) is 76.3 cm³/mol. The molecule has 0 heterocycles. The first kappa shape index (κ1) is 14.3. The molecule has 100 valence electrons. The van der Waals surface area contributed by atoms with E-state index >= 15 is 0 Å². The van der Waals surface area contributed by atoms with Crippen LogP contribution >= 0.6 is 27.5 Å². The minimum absolute atomic E-state index is 0.0596. The first-order valence-electron chi connectivity index (χ1n) is 5.58. The van der Waals surface area contributed by atoms with Crippen molar-refractivity contribution >= 4 is 27.5 Å². The van der Waals surface area contributed by atoms with Crippen LogP contribution in [0.25, 0.3) is 0 Å². The Morgan fingerprint density at radius 3 is 2.58 bits per heavy atom. The normalized spacial score (nSPS) is 12.3. The molecule has 0 amide bonds. The Labute approximate surface area is 123 Å². The zero-order chi connectivity index (χ0) is 14.0. The van der Waals surface area contributed by atoms with Gasteiger partial charge in [0.25, 0.3) is 0 Å². The molecule has 0 saturated heterocycles. The summed E-state index contributed by atoms with van der Waals surface area (Å²) < 4.78 is 20.1. The van der Waals surface area contributed by atoms with Crippen LogP contribution in [-0.4, -0.2) is 5.11 Å². The molecule has 0 aliphatic heterocycles. The molecule has 2 nitrogen and oxygen atoms in total. The molecular formula is C14H11BrClFO2. The smallest absolute Gasteiger partial charge is 0.166 e. The first-order valence-corrected chi connectivity index (χ1v) is 6.75. The van der Waals surface area contributed by atoms with Crippen molar-refractivity contribution in [3.05, 3.63) is 57.3 Å². The molecule has 0 bridgehead atoms. The SMILES string of the molecule is C[C@H](O)c1ccc(Oc2cc(Br)ccc2Cl)c(F)c1. The quantitative estimate of drug-likeness (QED) is 0.840. The summed E-state index contributed by atoms with van der Waals surface area (Å²) in [6.07, 6.45) is -0.724.